The maximum absolute atomic E-state index is 6.61. The highest BCUT2D eigenvalue weighted by Crippen LogP contribution is 2.49. The van der Waals surface area contributed by atoms with Crippen LogP contribution in [0.3, 0.4) is 0 Å². The van der Waals surface area contributed by atoms with Gasteiger partial charge in [-0.15, -0.1) is 5.10 Å². The number of rotatable bonds is 4. The van der Waals surface area contributed by atoms with E-state index in [0.29, 0.717) is 6.61 Å². The van der Waals surface area contributed by atoms with E-state index in [1.807, 2.05) is 19.2 Å². The summed E-state index contributed by atoms with van der Waals surface area (Å²) in [5.41, 5.74) is 3.24. The van der Waals surface area contributed by atoms with E-state index in [-0.39, 0.29) is 17.6 Å². The molecule has 5 rings (SSSR count). The smallest absolute Gasteiger partial charge is 0.181 e. The van der Waals surface area contributed by atoms with Gasteiger partial charge in [0.25, 0.3) is 0 Å². The van der Waals surface area contributed by atoms with Gasteiger partial charge >= 0.3 is 0 Å². The second-order valence-corrected chi connectivity index (χ2v) is 8.26. The van der Waals surface area contributed by atoms with Gasteiger partial charge in [0.05, 0.1) is 25.4 Å². The van der Waals surface area contributed by atoms with E-state index < -0.39 is 0 Å². The minimum absolute atomic E-state index is 0.197. The van der Waals surface area contributed by atoms with Crippen molar-refractivity contribution in [1.82, 2.24) is 25.5 Å². The van der Waals surface area contributed by atoms with Crippen LogP contribution in [0.4, 0.5) is 0 Å². The number of benzene rings is 2. The van der Waals surface area contributed by atoms with Gasteiger partial charge < -0.3 is 14.8 Å². The van der Waals surface area contributed by atoms with E-state index in [2.05, 4.69) is 57.2 Å². The molecule has 7 heteroatoms. The average molecular weight is 406 g/mol. The Morgan fingerprint density at radius 3 is 2.83 bits per heavy atom. The quantitative estimate of drug-likeness (QED) is 0.718. The second kappa shape index (κ2) is 7.81. The van der Waals surface area contributed by atoms with Crippen molar-refractivity contribution in [3.63, 3.8) is 0 Å². The maximum atomic E-state index is 6.61. The molecule has 156 valence electrons. The molecule has 0 bridgehead atoms. The Kier molecular flexibility index (Phi) is 5.00. The zero-order valence-corrected chi connectivity index (χ0v) is 17.4. The fourth-order valence-corrected chi connectivity index (χ4v) is 5.07. The summed E-state index contributed by atoms with van der Waals surface area (Å²) in [7, 11) is 3.58. The Labute approximate surface area is 176 Å². The zero-order valence-electron chi connectivity index (χ0n) is 17.4. The summed E-state index contributed by atoms with van der Waals surface area (Å²) < 4.78 is 14.0. The normalized spacial score (nSPS) is 26.2. The van der Waals surface area contributed by atoms with Crippen LogP contribution in [-0.2, 0) is 11.8 Å². The molecule has 3 heterocycles. The Morgan fingerprint density at radius 2 is 2.07 bits per heavy atom. The molecule has 2 saturated heterocycles. The van der Waals surface area contributed by atoms with Crippen molar-refractivity contribution in [3.05, 3.63) is 59.7 Å². The number of nitrogens with zero attached hydrogens (tertiary/aromatic N) is 4. The summed E-state index contributed by atoms with van der Waals surface area (Å²) in [6.07, 6.45) is 3.14. The molecule has 0 aliphatic carbocycles. The van der Waals surface area contributed by atoms with Crippen molar-refractivity contribution < 1.29 is 9.47 Å². The molecule has 2 aliphatic rings. The molecule has 0 saturated carbocycles. The molecule has 0 unspecified atom stereocenters. The lowest BCUT2D eigenvalue weighted by Crippen LogP contribution is -2.48. The maximum Gasteiger partial charge on any atom is 0.181 e. The highest BCUT2D eigenvalue weighted by molar-refractivity contribution is 5.59. The van der Waals surface area contributed by atoms with Gasteiger partial charge in [-0.1, -0.05) is 30.3 Å². The van der Waals surface area contributed by atoms with Gasteiger partial charge in [0.1, 0.15) is 5.75 Å². The first-order chi connectivity index (χ1) is 14.7. The van der Waals surface area contributed by atoms with Crippen LogP contribution in [0, 0.1) is 0 Å². The standard InChI is InChI=1S/C23H27N5O2/c1-28-22(25-26-27-28)17-9-10-20(29-2)19(13-17)18-14-23(30-15-18)11-6-12-24-21(23)16-7-4-3-5-8-16/h3-5,7-10,13,18,21,24H,6,11-12,14-15H2,1-2H3/t18-,21+,23-/m1/s1. The van der Waals surface area contributed by atoms with Crippen molar-refractivity contribution in [2.75, 3.05) is 20.3 Å². The Balaban J connectivity index is 1.48. The van der Waals surface area contributed by atoms with Crippen LogP contribution in [0.1, 0.15) is 42.3 Å². The van der Waals surface area contributed by atoms with Crippen molar-refractivity contribution >= 4 is 0 Å². The highest BCUT2D eigenvalue weighted by Gasteiger charge is 2.49. The van der Waals surface area contributed by atoms with Gasteiger partial charge in [0, 0.05) is 24.1 Å². The molecule has 3 aromatic rings. The molecule has 2 fully saturated rings. The van der Waals surface area contributed by atoms with E-state index >= 15 is 0 Å². The second-order valence-electron chi connectivity index (χ2n) is 8.26. The third-order valence-electron chi connectivity index (χ3n) is 6.50. The topological polar surface area (TPSA) is 74.1 Å². The third kappa shape index (κ3) is 3.28. The molecule has 2 aromatic carbocycles. The lowest BCUT2D eigenvalue weighted by atomic mass is 9.76. The molecular weight excluding hydrogens is 378 g/mol. The summed E-state index contributed by atoms with van der Waals surface area (Å²) in [6.45, 7) is 1.70. The molecule has 2 aliphatic heterocycles. The van der Waals surface area contributed by atoms with Gasteiger partial charge in [-0.2, -0.15) is 0 Å². The minimum Gasteiger partial charge on any atom is -0.496 e. The van der Waals surface area contributed by atoms with Crippen LogP contribution in [-0.4, -0.2) is 46.1 Å². The Bertz CT molecular complexity index is 1020. The fourth-order valence-electron chi connectivity index (χ4n) is 5.07. The molecule has 1 N–H and O–H groups in total. The van der Waals surface area contributed by atoms with Gasteiger partial charge in [0.2, 0.25) is 0 Å². The van der Waals surface area contributed by atoms with Crippen LogP contribution in [0.25, 0.3) is 11.4 Å². The zero-order chi connectivity index (χ0) is 20.6. The fraction of sp³-hybridized carbons (Fsp3) is 0.435. The monoisotopic (exact) mass is 405 g/mol. The lowest BCUT2D eigenvalue weighted by molar-refractivity contribution is -0.0484. The van der Waals surface area contributed by atoms with Gasteiger partial charge in [-0.3, -0.25) is 0 Å². The average Bonchev–Trinajstić information content (AvgIpc) is 3.41. The van der Waals surface area contributed by atoms with E-state index in [0.717, 1.165) is 48.5 Å². The van der Waals surface area contributed by atoms with Crippen molar-refractivity contribution in [3.8, 4) is 17.1 Å². The predicted octanol–water partition coefficient (Wildman–Crippen LogP) is 3.25. The predicted molar refractivity (Wildman–Crippen MR) is 113 cm³/mol. The van der Waals surface area contributed by atoms with Crippen LogP contribution in [0.5, 0.6) is 5.75 Å². The number of nitrogens with one attached hydrogen (secondary N) is 1. The Hall–Kier alpha value is -2.77. The number of piperidine rings is 1. The number of ether oxygens (including phenoxy) is 2. The molecule has 1 spiro atoms. The van der Waals surface area contributed by atoms with Gasteiger partial charge in [0.15, 0.2) is 5.82 Å². The number of aromatic nitrogens is 4. The molecule has 0 radical (unpaired) electrons. The molecule has 1 aromatic heterocycles. The number of methoxy groups -OCH3 is 1. The van der Waals surface area contributed by atoms with Gasteiger partial charge in [-0.05, 0) is 60.0 Å². The van der Waals surface area contributed by atoms with Crippen LogP contribution in [0.15, 0.2) is 48.5 Å². The largest absolute Gasteiger partial charge is 0.496 e. The van der Waals surface area contributed by atoms with Crippen molar-refractivity contribution in [2.45, 2.75) is 36.8 Å². The van der Waals surface area contributed by atoms with Crippen molar-refractivity contribution in [2.24, 2.45) is 7.05 Å². The van der Waals surface area contributed by atoms with E-state index in [4.69, 9.17) is 9.47 Å². The number of hydrogen-bond acceptors (Lipinski definition) is 6. The highest BCUT2D eigenvalue weighted by atomic mass is 16.5. The number of hydrogen-bond donors (Lipinski definition) is 1. The summed E-state index contributed by atoms with van der Waals surface area (Å²) >= 11 is 0. The van der Waals surface area contributed by atoms with Crippen LogP contribution >= 0.6 is 0 Å². The SMILES string of the molecule is COc1ccc(-c2nnnn2C)cc1[C@H]1CO[C@]2(CCCN[C@H]2c2ccccc2)C1. The van der Waals surface area contributed by atoms with E-state index in [9.17, 15) is 0 Å². The molecule has 7 nitrogen and oxygen atoms in total. The van der Waals surface area contributed by atoms with Crippen molar-refractivity contribution in [1.29, 1.82) is 0 Å². The number of tetrazole rings is 1. The molecular formula is C23H27N5O2. The summed E-state index contributed by atoms with van der Waals surface area (Å²) in [4.78, 5) is 0. The molecule has 3 atom stereocenters. The first-order valence-electron chi connectivity index (χ1n) is 10.5. The molecule has 0 amide bonds. The van der Waals surface area contributed by atoms with E-state index in [1.165, 1.54) is 5.56 Å². The number of aryl methyl sites for hydroxylation is 1. The van der Waals surface area contributed by atoms with Gasteiger partial charge in [-0.25, -0.2) is 4.68 Å². The first kappa shape index (κ1) is 19.2. The van der Waals surface area contributed by atoms with Crippen LogP contribution < -0.4 is 10.1 Å². The summed E-state index contributed by atoms with van der Waals surface area (Å²) in [5.74, 6) is 1.89. The van der Waals surface area contributed by atoms with E-state index in [1.54, 1.807) is 11.8 Å². The van der Waals surface area contributed by atoms with Crippen LogP contribution in [0.2, 0.25) is 0 Å². The minimum atomic E-state index is -0.197. The lowest BCUT2D eigenvalue weighted by Gasteiger charge is -2.41. The summed E-state index contributed by atoms with van der Waals surface area (Å²) in [6, 6.07) is 17.1. The third-order valence-corrected chi connectivity index (χ3v) is 6.50. The molecule has 30 heavy (non-hydrogen) atoms. The summed E-state index contributed by atoms with van der Waals surface area (Å²) in [5, 5.41) is 15.6. The Morgan fingerprint density at radius 1 is 1.20 bits per heavy atom. The first-order valence-corrected chi connectivity index (χ1v) is 10.5.